The van der Waals surface area contributed by atoms with Crippen LogP contribution in [0.5, 0.6) is 5.75 Å². The van der Waals surface area contributed by atoms with E-state index >= 15 is 0 Å². The maximum absolute atomic E-state index is 6.23. The maximum atomic E-state index is 6.23. The van der Waals surface area contributed by atoms with Crippen LogP contribution in [0.15, 0.2) is 42.5 Å². The van der Waals surface area contributed by atoms with Crippen molar-refractivity contribution in [2.75, 3.05) is 0 Å². The molecule has 0 saturated carbocycles. The van der Waals surface area contributed by atoms with Crippen LogP contribution >= 0.6 is 0 Å². The van der Waals surface area contributed by atoms with Gasteiger partial charge in [-0.3, -0.25) is 0 Å². The summed E-state index contributed by atoms with van der Waals surface area (Å²) in [6, 6.07) is 14.9. The van der Waals surface area contributed by atoms with Crippen LogP contribution in [-0.4, -0.2) is 4.98 Å². The van der Waals surface area contributed by atoms with Gasteiger partial charge in [0.05, 0.1) is 6.54 Å². The maximum Gasteiger partial charge on any atom is 0.293 e. The monoisotopic (exact) mass is 323 g/mol. The van der Waals surface area contributed by atoms with Crippen molar-refractivity contribution in [1.82, 2.24) is 4.98 Å². The van der Waals surface area contributed by atoms with E-state index in [-0.39, 0.29) is 0 Å². The largest absolute Gasteiger partial charge is 0.481 e. The SMILES string of the molecule is CCC[n+]1c(COc2cc(C)ccc2C(C)C)[nH]c2ccccc21. The number of benzene rings is 2. The van der Waals surface area contributed by atoms with Crippen molar-refractivity contribution in [3.8, 4) is 5.75 Å². The van der Waals surface area contributed by atoms with E-state index in [1.807, 2.05) is 0 Å². The molecule has 1 N–H and O–H groups in total. The molecule has 126 valence electrons. The van der Waals surface area contributed by atoms with Crippen LogP contribution < -0.4 is 9.30 Å². The highest BCUT2D eigenvalue weighted by molar-refractivity contribution is 5.71. The number of hydrogen-bond donors (Lipinski definition) is 1. The Kier molecular flexibility index (Phi) is 4.89. The van der Waals surface area contributed by atoms with E-state index in [2.05, 4.69) is 79.7 Å². The van der Waals surface area contributed by atoms with Crippen molar-refractivity contribution < 1.29 is 9.30 Å². The molecule has 0 fully saturated rings. The van der Waals surface area contributed by atoms with E-state index in [1.165, 1.54) is 16.6 Å². The molecule has 0 aliphatic heterocycles. The molecule has 0 atom stereocenters. The standard InChI is InChI=1S/C21H26N2O/c1-5-12-23-19-9-7-6-8-18(19)22-21(23)14-24-20-13-16(4)10-11-17(20)15(2)3/h6-11,13,15H,5,12,14H2,1-4H3/p+1. The van der Waals surface area contributed by atoms with Gasteiger partial charge in [0, 0.05) is 0 Å². The first-order chi connectivity index (χ1) is 11.6. The molecular weight excluding hydrogens is 296 g/mol. The van der Waals surface area contributed by atoms with Crippen LogP contribution in [0.1, 0.15) is 50.1 Å². The number of H-pyrrole nitrogens is 1. The summed E-state index contributed by atoms with van der Waals surface area (Å²) in [5.74, 6) is 2.56. The number of nitrogens with zero attached hydrogens (tertiary/aromatic N) is 1. The van der Waals surface area contributed by atoms with Crippen molar-refractivity contribution in [3.05, 3.63) is 59.4 Å². The Balaban J connectivity index is 1.91. The lowest BCUT2D eigenvalue weighted by Crippen LogP contribution is -2.37. The zero-order valence-electron chi connectivity index (χ0n) is 15.1. The molecule has 0 radical (unpaired) electrons. The van der Waals surface area contributed by atoms with E-state index in [9.17, 15) is 0 Å². The van der Waals surface area contributed by atoms with Gasteiger partial charge in [-0.1, -0.05) is 45.0 Å². The molecule has 24 heavy (non-hydrogen) atoms. The fourth-order valence-corrected chi connectivity index (χ4v) is 3.17. The third kappa shape index (κ3) is 3.30. The van der Waals surface area contributed by atoms with Crippen molar-refractivity contribution >= 4 is 11.0 Å². The van der Waals surface area contributed by atoms with Crippen LogP contribution in [0.25, 0.3) is 11.0 Å². The number of aryl methyl sites for hydroxylation is 2. The van der Waals surface area contributed by atoms with Crippen molar-refractivity contribution in [1.29, 1.82) is 0 Å². The summed E-state index contributed by atoms with van der Waals surface area (Å²) in [7, 11) is 0. The Hall–Kier alpha value is -2.29. The van der Waals surface area contributed by atoms with E-state index in [0.717, 1.165) is 30.1 Å². The third-order valence-electron chi connectivity index (χ3n) is 4.40. The van der Waals surface area contributed by atoms with Gasteiger partial charge in [0.1, 0.15) is 5.75 Å². The smallest absolute Gasteiger partial charge is 0.293 e. The Labute approximate surface area is 144 Å². The van der Waals surface area contributed by atoms with Crippen LogP contribution in [-0.2, 0) is 13.2 Å². The zero-order valence-corrected chi connectivity index (χ0v) is 15.1. The first-order valence-corrected chi connectivity index (χ1v) is 8.83. The molecule has 0 spiro atoms. The minimum atomic E-state index is 0.450. The van der Waals surface area contributed by atoms with Gasteiger partial charge in [0.25, 0.3) is 5.82 Å². The van der Waals surface area contributed by atoms with Gasteiger partial charge < -0.3 is 4.74 Å². The molecule has 3 nitrogen and oxygen atoms in total. The molecule has 0 unspecified atom stereocenters. The minimum Gasteiger partial charge on any atom is -0.481 e. The number of rotatable bonds is 6. The average molecular weight is 323 g/mol. The fourth-order valence-electron chi connectivity index (χ4n) is 3.17. The van der Waals surface area contributed by atoms with Crippen LogP contribution in [0.2, 0.25) is 0 Å². The zero-order chi connectivity index (χ0) is 17.1. The summed E-state index contributed by atoms with van der Waals surface area (Å²) in [5.41, 5.74) is 4.90. The normalized spacial score (nSPS) is 11.4. The molecule has 1 heterocycles. The number of ether oxygens (including phenoxy) is 1. The van der Waals surface area contributed by atoms with Crippen molar-refractivity contribution in [2.45, 2.75) is 53.2 Å². The Bertz CT molecular complexity index is 833. The molecule has 3 aromatic rings. The first-order valence-electron chi connectivity index (χ1n) is 8.83. The molecule has 1 aromatic heterocycles. The highest BCUT2D eigenvalue weighted by atomic mass is 16.5. The van der Waals surface area contributed by atoms with Gasteiger partial charge >= 0.3 is 0 Å². The molecular formula is C21H27N2O+. The van der Waals surface area contributed by atoms with Gasteiger partial charge in [-0.2, -0.15) is 0 Å². The van der Waals surface area contributed by atoms with E-state index in [1.54, 1.807) is 0 Å². The number of aromatic amines is 1. The lowest BCUT2D eigenvalue weighted by atomic mass is 10.0. The highest BCUT2D eigenvalue weighted by Crippen LogP contribution is 2.28. The summed E-state index contributed by atoms with van der Waals surface area (Å²) in [6.07, 6.45) is 1.10. The Morgan fingerprint density at radius 1 is 1.12 bits per heavy atom. The van der Waals surface area contributed by atoms with Gasteiger partial charge in [-0.05, 0) is 48.6 Å². The molecule has 3 rings (SSSR count). The topological polar surface area (TPSA) is 28.9 Å². The molecule has 0 aliphatic rings. The second kappa shape index (κ2) is 7.08. The molecule has 0 bridgehead atoms. The number of hydrogen-bond acceptors (Lipinski definition) is 1. The molecule has 0 aliphatic carbocycles. The van der Waals surface area contributed by atoms with Gasteiger partial charge in [-0.15, -0.1) is 0 Å². The van der Waals surface area contributed by atoms with E-state index in [4.69, 9.17) is 4.74 Å². The van der Waals surface area contributed by atoms with E-state index < -0.39 is 0 Å². The van der Waals surface area contributed by atoms with Crippen molar-refractivity contribution in [3.63, 3.8) is 0 Å². The second-order valence-electron chi connectivity index (χ2n) is 6.73. The fraction of sp³-hybridized carbons (Fsp3) is 0.381. The Morgan fingerprint density at radius 2 is 1.92 bits per heavy atom. The van der Waals surface area contributed by atoms with Crippen LogP contribution in [0.4, 0.5) is 0 Å². The first kappa shape index (κ1) is 16.6. The molecule has 2 aromatic carbocycles. The number of fused-ring (bicyclic) bond motifs is 1. The third-order valence-corrected chi connectivity index (χ3v) is 4.40. The number of imidazole rings is 1. The van der Waals surface area contributed by atoms with Gasteiger partial charge in [0.15, 0.2) is 17.6 Å². The highest BCUT2D eigenvalue weighted by Gasteiger charge is 2.19. The van der Waals surface area contributed by atoms with Gasteiger partial charge in [0.2, 0.25) is 0 Å². The van der Waals surface area contributed by atoms with Crippen LogP contribution in [0.3, 0.4) is 0 Å². The summed E-state index contributed by atoms with van der Waals surface area (Å²) in [5, 5.41) is 0. The second-order valence-corrected chi connectivity index (χ2v) is 6.73. The Morgan fingerprint density at radius 3 is 2.67 bits per heavy atom. The number of aromatic nitrogens is 2. The molecule has 3 heteroatoms. The molecule has 0 saturated heterocycles. The minimum absolute atomic E-state index is 0.450. The lowest BCUT2D eigenvalue weighted by molar-refractivity contribution is -0.680. The van der Waals surface area contributed by atoms with Crippen molar-refractivity contribution in [2.24, 2.45) is 0 Å². The number of para-hydroxylation sites is 2. The summed E-state index contributed by atoms with van der Waals surface area (Å²) >= 11 is 0. The lowest BCUT2D eigenvalue weighted by Gasteiger charge is -2.14. The van der Waals surface area contributed by atoms with E-state index in [0.29, 0.717) is 12.5 Å². The summed E-state index contributed by atoms with van der Waals surface area (Å²) in [4.78, 5) is 3.52. The average Bonchev–Trinajstić information content (AvgIpc) is 2.91. The number of nitrogens with one attached hydrogen (secondary N) is 1. The molecule has 0 amide bonds. The summed E-state index contributed by atoms with van der Waals surface area (Å²) < 4.78 is 8.56. The van der Waals surface area contributed by atoms with Gasteiger partial charge in [-0.25, -0.2) is 9.55 Å². The summed E-state index contributed by atoms with van der Waals surface area (Å²) in [6.45, 7) is 10.3. The quantitative estimate of drug-likeness (QED) is 0.644. The van der Waals surface area contributed by atoms with Crippen LogP contribution in [0, 0.1) is 6.92 Å². The predicted octanol–water partition coefficient (Wildman–Crippen LogP) is 4.88. The predicted molar refractivity (Wildman–Crippen MR) is 98.4 cm³/mol.